The van der Waals surface area contributed by atoms with Gasteiger partial charge in [-0.3, -0.25) is 4.90 Å². The fraction of sp³-hybridized carbons (Fsp3) is 0.452. The van der Waals surface area contributed by atoms with Crippen molar-refractivity contribution >= 4 is 33.1 Å². The van der Waals surface area contributed by atoms with Crippen molar-refractivity contribution in [2.24, 2.45) is 5.41 Å². The minimum absolute atomic E-state index is 0.0607. The van der Waals surface area contributed by atoms with Crippen molar-refractivity contribution in [1.82, 2.24) is 9.88 Å². The standard InChI is InChI=1S/C31H36ClF3N4O5S/c1-30(2)10-12-37(17-30)18-31(40)11-13-38(19-31)23-15-22(33)29(28(35)27(23)32)45(41,42)39(26-7-5-6-25(34)36-26)16-20-8-9-21(43-3)14-24(20)44-4/h5-9,14-15,40H,10-13,16-19H2,1-4H3. The molecular weight excluding hydrogens is 633 g/mol. The molecule has 244 valence electrons. The number of β-amino-alcohol motifs (C(OH)–C–C–N with tert-alkyl or cyclic N) is 1. The summed E-state index contributed by atoms with van der Waals surface area (Å²) in [6.45, 7) is 6.19. The topological polar surface area (TPSA) is 95.4 Å². The van der Waals surface area contributed by atoms with E-state index in [1.165, 1.54) is 38.5 Å². The number of rotatable bonds is 10. The summed E-state index contributed by atoms with van der Waals surface area (Å²) in [5.74, 6) is -3.67. The number of aromatic nitrogens is 1. The number of sulfonamides is 1. The number of hydrogen-bond acceptors (Lipinski definition) is 8. The van der Waals surface area contributed by atoms with Crippen LogP contribution in [0.1, 0.15) is 32.3 Å². The first-order chi connectivity index (χ1) is 21.2. The third-order valence-corrected chi connectivity index (χ3v) is 10.5. The van der Waals surface area contributed by atoms with E-state index in [1.807, 2.05) is 0 Å². The van der Waals surface area contributed by atoms with Gasteiger partial charge in [0, 0.05) is 43.9 Å². The van der Waals surface area contributed by atoms with Crippen LogP contribution in [0.3, 0.4) is 0 Å². The molecule has 0 radical (unpaired) electrons. The van der Waals surface area contributed by atoms with Crippen LogP contribution in [0.4, 0.5) is 24.7 Å². The summed E-state index contributed by atoms with van der Waals surface area (Å²) in [5.41, 5.74) is -0.790. The average Bonchev–Trinajstić information content (AvgIpc) is 3.53. The second-order valence-corrected chi connectivity index (χ2v) is 14.5. The molecule has 45 heavy (non-hydrogen) atoms. The molecule has 1 aromatic heterocycles. The van der Waals surface area contributed by atoms with Crippen LogP contribution in [0, 0.1) is 23.0 Å². The number of anilines is 2. The third-order valence-electron chi connectivity index (χ3n) is 8.36. The van der Waals surface area contributed by atoms with Gasteiger partial charge in [-0.15, -0.1) is 0 Å². The molecule has 2 aromatic carbocycles. The number of methoxy groups -OCH3 is 2. The van der Waals surface area contributed by atoms with Gasteiger partial charge < -0.3 is 19.5 Å². The van der Waals surface area contributed by atoms with E-state index in [9.17, 15) is 17.9 Å². The van der Waals surface area contributed by atoms with Crippen molar-refractivity contribution in [3.8, 4) is 11.5 Å². The molecule has 1 unspecified atom stereocenters. The lowest BCUT2D eigenvalue weighted by atomic mass is 9.93. The van der Waals surface area contributed by atoms with E-state index in [2.05, 4.69) is 23.7 Å². The minimum atomic E-state index is -5.08. The van der Waals surface area contributed by atoms with E-state index in [-0.39, 0.29) is 35.5 Å². The Kier molecular flexibility index (Phi) is 9.20. The first kappa shape index (κ1) is 33.1. The summed E-state index contributed by atoms with van der Waals surface area (Å²) in [5, 5.41) is 10.7. The van der Waals surface area contributed by atoms with Crippen molar-refractivity contribution in [2.45, 2.75) is 43.7 Å². The molecule has 14 heteroatoms. The number of hydrogen-bond donors (Lipinski definition) is 1. The van der Waals surface area contributed by atoms with Crippen LogP contribution in [0.2, 0.25) is 5.02 Å². The highest BCUT2D eigenvalue weighted by atomic mass is 35.5. The lowest BCUT2D eigenvalue weighted by Gasteiger charge is -2.30. The molecule has 9 nitrogen and oxygen atoms in total. The van der Waals surface area contributed by atoms with Crippen LogP contribution in [0.25, 0.3) is 0 Å². The molecular formula is C31H36ClF3N4O5S. The number of likely N-dealkylation sites (tertiary alicyclic amines) is 1. The second-order valence-electron chi connectivity index (χ2n) is 12.4. The van der Waals surface area contributed by atoms with Crippen molar-refractivity contribution in [1.29, 1.82) is 0 Å². The van der Waals surface area contributed by atoms with Gasteiger partial charge in [0.1, 0.15) is 28.2 Å². The predicted molar refractivity (Wildman–Crippen MR) is 165 cm³/mol. The Morgan fingerprint density at radius 3 is 2.44 bits per heavy atom. The smallest absolute Gasteiger partial charge is 0.271 e. The summed E-state index contributed by atoms with van der Waals surface area (Å²) in [4.78, 5) is 6.09. The van der Waals surface area contributed by atoms with Crippen LogP contribution in [-0.4, -0.2) is 76.0 Å². The van der Waals surface area contributed by atoms with Gasteiger partial charge >= 0.3 is 0 Å². The molecule has 2 fully saturated rings. The molecule has 2 saturated heterocycles. The third kappa shape index (κ3) is 6.81. The Morgan fingerprint density at radius 2 is 1.80 bits per heavy atom. The molecule has 0 saturated carbocycles. The summed E-state index contributed by atoms with van der Waals surface area (Å²) in [6.07, 6.45) is 1.34. The molecule has 2 aliphatic rings. The highest BCUT2D eigenvalue weighted by Crippen LogP contribution is 2.40. The Balaban J connectivity index is 1.49. The summed E-state index contributed by atoms with van der Waals surface area (Å²) >= 11 is 6.41. The largest absolute Gasteiger partial charge is 0.497 e. The number of pyridine rings is 1. The molecule has 1 N–H and O–H groups in total. The van der Waals surface area contributed by atoms with E-state index >= 15 is 8.78 Å². The number of nitrogens with zero attached hydrogens (tertiary/aromatic N) is 4. The molecule has 3 aromatic rings. The Morgan fingerprint density at radius 1 is 1.04 bits per heavy atom. The Bertz CT molecular complexity index is 1700. The van der Waals surface area contributed by atoms with Gasteiger partial charge in [0.2, 0.25) is 5.95 Å². The normalized spacial score (nSPS) is 20.1. The van der Waals surface area contributed by atoms with Crippen molar-refractivity contribution in [2.75, 3.05) is 56.1 Å². The van der Waals surface area contributed by atoms with Crippen LogP contribution < -0.4 is 18.7 Å². The van der Waals surface area contributed by atoms with Crippen LogP contribution >= 0.6 is 11.6 Å². The molecule has 0 spiro atoms. The number of benzene rings is 2. The fourth-order valence-corrected chi connectivity index (χ4v) is 7.91. The first-order valence-electron chi connectivity index (χ1n) is 14.4. The van der Waals surface area contributed by atoms with Crippen molar-refractivity contribution < 1.29 is 36.2 Å². The lowest BCUT2D eigenvalue weighted by Crippen LogP contribution is -2.44. The van der Waals surface area contributed by atoms with Gasteiger partial charge in [-0.05, 0) is 49.1 Å². The van der Waals surface area contributed by atoms with Gasteiger partial charge in [-0.25, -0.2) is 26.5 Å². The summed E-state index contributed by atoms with van der Waals surface area (Å²) in [6, 6.07) is 8.87. The van der Waals surface area contributed by atoms with Gasteiger partial charge in [0.15, 0.2) is 10.7 Å². The zero-order valence-electron chi connectivity index (χ0n) is 25.5. The van der Waals surface area contributed by atoms with Crippen molar-refractivity contribution in [3.63, 3.8) is 0 Å². The minimum Gasteiger partial charge on any atom is -0.497 e. The quantitative estimate of drug-likeness (QED) is 0.232. The van der Waals surface area contributed by atoms with Crippen LogP contribution in [0.15, 0.2) is 47.4 Å². The van der Waals surface area contributed by atoms with Crippen molar-refractivity contribution in [3.05, 3.63) is 70.6 Å². The molecule has 2 aliphatic heterocycles. The highest BCUT2D eigenvalue weighted by Gasteiger charge is 2.42. The zero-order chi connectivity index (χ0) is 32.7. The van der Waals surface area contributed by atoms with Crippen LogP contribution in [0.5, 0.6) is 11.5 Å². The van der Waals surface area contributed by atoms with Gasteiger partial charge in [0.25, 0.3) is 10.0 Å². The van der Waals surface area contributed by atoms with Gasteiger partial charge in [-0.2, -0.15) is 4.39 Å². The number of ether oxygens (including phenoxy) is 2. The van der Waals surface area contributed by atoms with E-state index in [1.54, 1.807) is 11.0 Å². The molecule has 5 rings (SSSR count). The summed E-state index contributed by atoms with van der Waals surface area (Å²) in [7, 11) is -2.27. The van der Waals surface area contributed by atoms with E-state index in [0.717, 1.165) is 31.6 Å². The monoisotopic (exact) mass is 668 g/mol. The second kappa shape index (κ2) is 12.5. The van der Waals surface area contributed by atoms with Gasteiger partial charge in [-0.1, -0.05) is 31.5 Å². The van der Waals surface area contributed by atoms with E-state index < -0.39 is 55.5 Å². The fourth-order valence-electron chi connectivity index (χ4n) is 6.07. The maximum Gasteiger partial charge on any atom is 0.271 e. The average molecular weight is 669 g/mol. The zero-order valence-corrected chi connectivity index (χ0v) is 27.1. The SMILES string of the molecule is COc1ccc(CN(c2cccc(F)n2)S(=O)(=O)c2c(F)cc(N3CCC(O)(CN4CCC(C)(C)C4)C3)c(Cl)c2F)c(OC)c1. The predicted octanol–water partition coefficient (Wildman–Crippen LogP) is 5.24. The van der Waals surface area contributed by atoms with E-state index in [0.29, 0.717) is 23.0 Å². The first-order valence-corrected chi connectivity index (χ1v) is 16.2. The molecule has 0 amide bonds. The summed E-state index contributed by atoms with van der Waals surface area (Å²) < 4.78 is 85.3. The number of aliphatic hydroxyl groups is 1. The molecule has 3 heterocycles. The highest BCUT2D eigenvalue weighted by molar-refractivity contribution is 7.92. The lowest BCUT2D eigenvalue weighted by molar-refractivity contribution is 0.0269. The van der Waals surface area contributed by atoms with Crippen LogP contribution in [-0.2, 0) is 16.6 Å². The Hall–Kier alpha value is -3.26. The maximum atomic E-state index is 16.0. The Labute approximate surface area is 266 Å². The number of halogens is 4. The van der Waals surface area contributed by atoms with Gasteiger partial charge in [0.05, 0.1) is 32.1 Å². The molecule has 1 atom stereocenters. The molecule has 0 bridgehead atoms. The van der Waals surface area contributed by atoms with E-state index in [4.69, 9.17) is 21.1 Å². The maximum absolute atomic E-state index is 16.0. The molecule has 0 aliphatic carbocycles.